The number of hydrogen-bond acceptors (Lipinski definition) is 4. The molecule has 4 nitrogen and oxygen atoms in total. The van der Waals surface area contributed by atoms with Crippen LogP contribution in [-0.4, -0.2) is 25.5 Å². The van der Waals surface area contributed by atoms with Gasteiger partial charge in [0.15, 0.2) is 5.78 Å². The van der Waals surface area contributed by atoms with E-state index in [0.29, 0.717) is 11.8 Å². The van der Waals surface area contributed by atoms with Crippen LogP contribution in [0.1, 0.15) is 43.0 Å². The summed E-state index contributed by atoms with van der Waals surface area (Å²) in [6, 6.07) is 1.40. The highest BCUT2D eigenvalue weighted by atomic mass is 19.1. The highest BCUT2D eigenvalue weighted by Crippen LogP contribution is 2.46. The van der Waals surface area contributed by atoms with E-state index in [1.165, 1.54) is 0 Å². The Labute approximate surface area is 152 Å². The van der Waals surface area contributed by atoms with Gasteiger partial charge in [-0.15, -0.1) is 0 Å². The third-order valence-corrected chi connectivity index (χ3v) is 4.81. The molecule has 0 unspecified atom stereocenters. The Hall–Kier alpha value is -2.64. The second-order valence-electron chi connectivity index (χ2n) is 6.40. The summed E-state index contributed by atoms with van der Waals surface area (Å²) in [5.74, 6) is -4.77. The number of esters is 1. The summed E-state index contributed by atoms with van der Waals surface area (Å²) in [5, 5.41) is 2.72. The van der Waals surface area contributed by atoms with Gasteiger partial charge in [-0.2, -0.15) is 0 Å². The van der Waals surface area contributed by atoms with Gasteiger partial charge in [-0.1, -0.05) is 0 Å². The molecular weight excluding hydrogens is 366 g/mol. The maximum atomic E-state index is 14.3. The molecule has 8 heteroatoms. The van der Waals surface area contributed by atoms with Gasteiger partial charge < -0.3 is 10.1 Å². The van der Waals surface area contributed by atoms with Crippen LogP contribution in [-0.2, 0) is 14.3 Å². The zero-order chi connectivity index (χ0) is 19.9. The van der Waals surface area contributed by atoms with Crippen molar-refractivity contribution in [3.8, 4) is 0 Å². The average Bonchev–Trinajstić information content (AvgIpc) is 2.99. The SMILES string of the molecule is COC(=O)C1=C(CF)NC2=C(C(=O)CC2)[C@H]1c1cc(F)cc(F)c1[C@@H](C)F. The summed E-state index contributed by atoms with van der Waals surface area (Å²) in [6.45, 7) is -0.0333. The number of halogens is 4. The molecule has 0 aromatic heterocycles. The number of benzene rings is 1. The molecule has 1 aromatic carbocycles. The molecule has 2 aliphatic rings. The first-order valence-corrected chi connectivity index (χ1v) is 8.33. The summed E-state index contributed by atoms with van der Waals surface area (Å²) < 4.78 is 60.8. The fraction of sp³-hybridized carbons (Fsp3) is 0.368. The van der Waals surface area contributed by atoms with Crippen molar-refractivity contribution in [2.24, 2.45) is 0 Å². The van der Waals surface area contributed by atoms with Crippen LogP contribution in [0.5, 0.6) is 0 Å². The summed E-state index contributed by atoms with van der Waals surface area (Å²) in [7, 11) is 1.06. The van der Waals surface area contributed by atoms with Crippen LogP contribution in [0.25, 0.3) is 0 Å². The third-order valence-electron chi connectivity index (χ3n) is 4.81. The molecule has 2 atom stereocenters. The predicted molar refractivity (Wildman–Crippen MR) is 88.0 cm³/mol. The number of methoxy groups -OCH3 is 1. The first-order valence-electron chi connectivity index (χ1n) is 8.33. The fourth-order valence-electron chi connectivity index (χ4n) is 3.74. The number of carbonyl (C=O) groups excluding carboxylic acids is 2. The van der Waals surface area contributed by atoms with Gasteiger partial charge in [0.2, 0.25) is 0 Å². The van der Waals surface area contributed by atoms with Gasteiger partial charge >= 0.3 is 5.97 Å². The number of alkyl halides is 2. The Bertz CT molecular complexity index is 889. The van der Waals surface area contributed by atoms with Crippen molar-refractivity contribution in [1.29, 1.82) is 0 Å². The standard InChI is InChI=1S/C19H17F4NO3/c1-8(21)15-10(5-9(22)6-11(15)23)16-17-12(3-4-14(17)25)24-13(7-20)18(16)19(26)27-2/h5-6,8,16,24H,3-4,7H2,1-2H3/t8-,16-/m1/s1. The maximum absolute atomic E-state index is 14.3. The Balaban J connectivity index is 2.35. The molecule has 0 radical (unpaired) electrons. The Morgan fingerprint density at radius 1 is 1.33 bits per heavy atom. The molecule has 144 valence electrons. The van der Waals surface area contributed by atoms with Crippen molar-refractivity contribution in [3.05, 3.63) is 57.4 Å². The van der Waals surface area contributed by atoms with Crippen LogP contribution in [0, 0.1) is 11.6 Å². The lowest BCUT2D eigenvalue weighted by Crippen LogP contribution is -2.32. The summed E-state index contributed by atoms with van der Waals surface area (Å²) in [4.78, 5) is 24.8. The highest BCUT2D eigenvalue weighted by Gasteiger charge is 2.43. The molecule has 1 aliphatic carbocycles. The number of carbonyl (C=O) groups is 2. The summed E-state index contributed by atoms with van der Waals surface area (Å²) in [5.41, 5.74) is -0.706. The largest absolute Gasteiger partial charge is 0.466 e. The number of rotatable bonds is 4. The minimum absolute atomic E-state index is 0.0829. The molecule has 0 saturated carbocycles. The van der Waals surface area contributed by atoms with Crippen molar-refractivity contribution < 1.29 is 31.9 Å². The lowest BCUT2D eigenvalue weighted by atomic mass is 9.77. The molecule has 3 rings (SSSR count). The average molecular weight is 383 g/mol. The van der Waals surface area contributed by atoms with Crippen LogP contribution in [0.3, 0.4) is 0 Å². The lowest BCUT2D eigenvalue weighted by Gasteiger charge is -2.30. The van der Waals surface area contributed by atoms with Gasteiger partial charge in [-0.3, -0.25) is 4.79 Å². The number of ketones is 1. The topological polar surface area (TPSA) is 55.4 Å². The summed E-state index contributed by atoms with van der Waals surface area (Å²) in [6.07, 6.45) is -1.48. The Kier molecular flexibility index (Phi) is 5.08. The van der Waals surface area contributed by atoms with Crippen LogP contribution in [0.2, 0.25) is 0 Å². The number of Topliss-reactive ketones (excluding diaryl/α,β-unsaturated/α-hetero) is 1. The normalized spacial score (nSPS) is 20.5. The van der Waals surface area contributed by atoms with E-state index in [4.69, 9.17) is 4.74 Å². The number of ether oxygens (including phenoxy) is 1. The zero-order valence-corrected chi connectivity index (χ0v) is 14.7. The van der Waals surface area contributed by atoms with E-state index in [1.807, 2.05) is 0 Å². The zero-order valence-electron chi connectivity index (χ0n) is 14.7. The number of hydrogen-bond donors (Lipinski definition) is 1. The first-order chi connectivity index (χ1) is 12.8. The van der Waals surface area contributed by atoms with E-state index < -0.39 is 41.9 Å². The molecule has 1 N–H and O–H groups in total. The third kappa shape index (κ3) is 3.13. The van der Waals surface area contributed by atoms with Gasteiger partial charge in [-0.05, 0) is 25.0 Å². The monoisotopic (exact) mass is 383 g/mol. The van der Waals surface area contributed by atoms with Gasteiger partial charge in [0.05, 0.1) is 18.4 Å². The van der Waals surface area contributed by atoms with Crippen molar-refractivity contribution >= 4 is 11.8 Å². The fourth-order valence-corrected chi connectivity index (χ4v) is 3.74. The molecule has 0 spiro atoms. The van der Waals surface area contributed by atoms with Crippen LogP contribution < -0.4 is 5.32 Å². The quantitative estimate of drug-likeness (QED) is 0.636. The smallest absolute Gasteiger partial charge is 0.336 e. The summed E-state index contributed by atoms with van der Waals surface area (Å²) >= 11 is 0. The number of allylic oxidation sites excluding steroid dienone is 3. The molecule has 0 fully saturated rings. The van der Waals surface area contributed by atoms with Gasteiger partial charge in [0, 0.05) is 35.2 Å². The van der Waals surface area contributed by atoms with E-state index in [1.54, 1.807) is 0 Å². The Morgan fingerprint density at radius 2 is 2.04 bits per heavy atom. The molecule has 1 aliphatic heterocycles. The van der Waals surface area contributed by atoms with Gasteiger partial charge in [-0.25, -0.2) is 22.4 Å². The second-order valence-corrected chi connectivity index (χ2v) is 6.40. The van der Waals surface area contributed by atoms with Crippen LogP contribution in [0.15, 0.2) is 34.7 Å². The molecule has 0 saturated heterocycles. The minimum atomic E-state index is -1.84. The van der Waals surface area contributed by atoms with E-state index in [2.05, 4.69) is 5.32 Å². The van der Waals surface area contributed by atoms with Gasteiger partial charge in [0.1, 0.15) is 24.5 Å². The molecular formula is C19H17F4NO3. The van der Waals surface area contributed by atoms with E-state index >= 15 is 0 Å². The lowest BCUT2D eigenvalue weighted by molar-refractivity contribution is -0.136. The predicted octanol–water partition coefficient (Wildman–Crippen LogP) is 3.70. The molecule has 0 amide bonds. The highest BCUT2D eigenvalue weighted by molar-refractivity contribution is 6.05. The van der Waals surface area contributed by atoms with Crippen LogP contribution in [0.4, 0.5) is 17.6 Å². The van der Waals surface area contributed by atoms with E-state index in [0.717, 1.165) is 20.1 Å². The number of dihydropyridines is 1. The van der Waals surface area contributed by atoms with Crippen molar-refractivity contribution in [2.75, 3.05) is 13.8 Å². The molecule has 27 heavy (non-hydrogen) atoms. The molecule has 1 aromatic rings. The van der Waals surface area contributed by atoms with Crippen LogP contribution >= 0.6 is 0 Å². The van der Waals surface area contributed by atoms with Crippen molar-refractivity contribution in [3.63, 3.8) is 0 Å². The first kappa shape index (κ1) is 19.1. The molecule has 1 heterocycles. The number of nitrogens with one attached hydrogen (secondary N) is 1. The van der Waals surface area contributed by atoms with E-state index in [-0.39, 0.29) is 41.0 Å². The minimum Gasteiger partial charge on any atom is -0.466 e. The maximum Gasteiger partial charge on any atom is 0.336 e. The van der Waals surface area contributed by atoms with E-state index in [9.17, 15) is 27.2 Å². The van der Waals surface area contributed by atoms with Gasteiger partial charge in [0.25, 0.3) is 0 Å². The van der Waals surface area contributed by atoms with Crippen molar-refractivity contribution in [1.82, 2.24) is 5.32 Å². The Morgan fingerprint density at radius 3 is 2.63 bits per heavy atom. The second kappa shape index (κ2) is 7.17. The molecule has 0 bridgehead atoms. The van der Waals surface area contributed by atoms with Crippen molar-refractivity contribution in [2.45, 2.75) is 31.9 Å².